The second-order valence-corrected chi connectivity index (χ2v) is 4.39. The molecule has 0 atom stereocenters. The summed E-state index contributed by atoms with van der Waals surface area (Å²) in [5.74, 6) is -0.375. The smallest absolute Gasteiger partial charge is 0.243 e. The van der Waals surface area contributed by atoms with Crippen molar-refractivity contribution in [3.8, 4) is 0 Å². The molecule has 2 amide bonds. The van der Waals surface area contributed by atoms with E-state index in [-0.39, 0.29) is 18.4 Å². The van der Waals surface area contributed by atoms with Crippen LogP contribution < -0.4 is 10.6 Å². The van der Waals surface area contributed by atoms with Crippen molar-refractivity contribution in [2.24, 2.45) is 0 Å². The van der Waals surface area contributed by atoms with Crippen LogP contribution in [0.5, 0.6) is 0 Å². The molecule has 0 spiro atoms. The predicted molar refractivity (Wildman–Crippen MR) is 72.7 cm³/mol. The van der Waals surface area contributed by atoms with Crippen LogP contribution >= 0.6 is 11.6 Å². The van der Waals surface area contributed by atoms with Gasteiger partial charge < -0.3 is 10.6 Å². The van der Waals surface area contributed by atoms with Crippen LogP contribution in [0.4, 0.5) is 5.69 Å². The van der Waals surface area contributed by atoms with E-state index in [1.807, 2.05) is 13.8 Å². The molecule has 2 N–H and O–H groups in total. The molecule has 0 aliphatic rings. The number of hydrogen-bond donors (Lipinski definition) is 2. The first-order valence-electron chi connectivity index (χ1n) is 5.86. The third kappa shape index (κ3) is 4.37. The molecule has 5 heteroatoms. The first-order chi connectivity index (χ1) is 8.54. The summed E-state index contributed by atoms with van der Waals surface area (Å²) in [5.41, 5.74) is 1.48. The minimum Gasteiger partial charge on any atom is -0.347 e. The number of halogens is 1. The minimum atomic E-state index is -0.259. The molecule has 0 heterocycles. The molecule has 0 saturated heterocycles. The van der Waals surface area contributed by atoms with Gasteiger partial charge >= 0.3 is 0 Å². The summed E-state index contributed by atoms with van der Waals surface area (Å²) in [6, 6.07) is 5.29. The van der Waals surface area contributed by atoms with E-state index in [0.717, 1.165) is 12.0 Å². The standard InChI is InChI=1S/C13H17ClN2O2/c1-3-5-12(17)15-8-13(18)16-11-7-4-6-10(14)9(11)2/h4,6-7H,3,5,8H2,1-2H3,(H,15,17)(H,16,18). The van der Waals surface area contributed by atoms with E-state index in [2.05, 4.69) is 10.6 Å². The summed E-state index contributed by atoms with van der Waals surface area (Å²) in [7, 11) is 0. The van der Waals surface area contributed by atoms with E-state index in [1.54, 1.807) is 18.2 Å². The Bertz CT molecular complexity index is 447. The van der Waals surface area contributed by atoms with Crippen molar-refractivity contribution < 1.29 is 9.59 Å². The van der Waals surface area contributed by atoms with Crippen LogP contribution in [0.2, 0.25) is 5.02 Å². The lowest BCUT2D eigenvalue weighted by Gasteiger charge is -2.10. The van der Waals surface area contributed by atoms with Crippen LogP contribution in [0.3, 0.4) is 0 Å². The number of rotatable bonds is 5. The van der Waals surface area contributed by atoms with E-state index in [0.29, 0.717) is 17.1 Å². The molecule has 0 saturated carbocycles. The van der Waals surface area contributed by atoms with Gasteiger partial charge in [-0.25, -0.2) is 0 Å². The Balaban J connectivity index is 2.50. The zero-order valence-corrected chi connectivity index (χ0v) is 11.3. The monoisotopic (exact) mass is 268 g/mol. The third-order valence-corrected chi connectivity index (χ3v) is 2.87. The van der Waals surface area contributed by atoms with Crippen LogP contribution in [-0.2, 0) is 9.59 Å². The number of carbonyl (C=O) groups is 2. The Hall–Kier alpha value is -1.55. The lowest BCUT2D eigenvalue weighted by Crippen LogP contribution is -2.32. The van der Waals surface area contributed by atoms with Crippen LogP contribution in [0, 0.1) is 6.92 Å². The Morgan fingerprint density at radius 3 is 2.67 bits per heavy atom. The van der Waals surface area contributed by atoms with Crippen molar-refractivity contribution in [3.63, 3.8) is 0 Å². The van der Waals surface area contributed by atoms with Gasteiger partial charge in [0, 0.05) is 17.1 Å². The molecule has 0 radical (unpaired) electrons. The quantitative estimate of drug-likeness (QED) is 0.862. The second-order valence-electron chi connectivity index (χ2n) is 3.99. The average molecular weight is 269 g/mol. The molecule has 0 unspecified atom stereocenters. The number of amides is 2. The number of benzene rings is 1. The van der Waals surface area contributed by atoms with Gasteiger partial charge in [0.05, 0.1) is 6.54 Å². The molecule has 0 bridgehead atoms. The van der Waals surface area contributed by atoms with Gasteiger partial charge in [0.15, 0.2) is 0 Å². The number of anilines is 1. The van der Waals surface area contributed by atoms with E-state index in [9.17, 15) is 9.59 Å². The van der Waals surface area contributed by atoms with Crippen molar-refractivity contribution in [2.75, 3.05) is 11.9 Å². The van der Waals surface area contributed by atoms with Gasteiger partial charge in [0.1, 0.15) is 0 Å². The summed E-state index contributed by atoms with van der Waals surface area (Å²) in [4.78, 5) is 22.8. The fourth-order valence-electron chi connectivity index (χ4n) is 1.43. The molecular formula is C13H17ClN2O2. The van der Waals surface area contributed by atoms with Crippen molar-refractivity contribution in [1.29, 1.82) is 0 Å². The maximum atomic E-state index is 11.6. The third-order valence-electron chi connectivity index (χ3n) is 2.46. The number of hydrogen-bond acceptors (Lipinski definition) is 2. The first-order valence-corrected chi connectivity index (χ1v) is 6.24. The molecule has 1 aromatic rings. The highest BCUT2D eigenvalue weighted by molar-refractivity contribution is 6.31. The SMILES string of the molecule is CCCC(=O)NCC(=O)Nc1cccc(Cl)c1C. The van der Waals surface area contributed by atoms with Crippen LogP contribution in [0.25, 0.3) is 0 Å². The largest absolute Gasteiger partial charge is 0.347 e. The average Bonchev–Trinajstić information content (AvgIpc) is 2.33. The van der Waals surface area contributed by atoms with Crippen molar-refractivity contribution in [1.82, 2.24) is 5.32 Å². The second kappa shape index (κ2) is 7.01. The normalized spacial score (nSPS) is 9.94. The highest BCUT2D eigenvalue weighted by Gasteiger charge is 2.07. The van der Waals surface area contributed by atoms with Gasteiger partial charge in [-0.05, 0) is 31.0 Å². The lowest BCUT2D eigenvalue weighted by atomic mass is 10.2. The highest BCUT2D eigenvalue weighted by atomic mass is 35.5. The molecular weight excluding hydrogens is 252 g/mol. The molecule has 0 aliphatic heterocycles. The summed E-state index contributed by atoms with van der Waals surface area (Å²) < 4.78 is 0. The Kier molecular flexibility index (Phi) is 5.65. The molecule has 18 heavy (non-hydrogen) atoms. The maximum absolute atomic E-state index is 11.6. The molecule has 0 aliphatic carbocycles. The first kappa shape index (κ1) is 14.5. The zero-order chi connectivity index (χ0) is 13.5. The topological polar surface area (TPSA) is 58.2 Å². The zero-order valence-electron chi connectivity index (χ0n) is 10.5. The fourth-order valence-corrected chi connectivity index (χ4v) is 1.61. The summed E-state index contributed by atoms with van der Waals surface area (Å²) in [5, 5.41) is 5.86. The van der Waals surface area contributed by atoms with Gasteiger partial charge in [-0.3, -0.25) is 9.59 Å². The predicted octanol–water partition coefficient (Wildman–Crippen LogP) is 2.50. The highest BCUT2D eigenvalue weighted by Crippen LogP contribution is 2.22. The number of nitrogens with one attached hydrogen (secondary N) is 2. The summed E-state index contributed by atoms with van der Waals surface area (Å²) in [6.45, 7) is 3.72. The molecule has 0 aromatic heterocycles. The van der Waals surface area contributed by atoms with Crippen molar-refractivity contribution in [2.45, 2.75) is 26.7 Å². The Labute approximate surface area is 112 Å². The maximum Gasteiger partial charge on any atom is 0.243 e. The van der Waals surface area contributed by atoms with E-state index >= 15 is 0 Å². The minimum absolute atomic E-state index is 0.0230. The van der Waals surface area contributed by atoms with Crippen molar-refractivity contribution >= 4 is 29.1 Å². The molecule has 98 valence electrons. The van der Waals surface area contributed by atoms with E-state index in [4.69, 9.17) is 11.6 Å². The molecule has 0 fully saturated rings. The Morgan fingerprint density at radius 1 is 1.28 bits per heavy atom. The van der Waals surface area contributed by atoms with E-state index < -0.39 is 0 Å². The van der Waals surface area contributed by atoms with Crippen LogP contribution in [-0.4, -0.2) is 18.4 Å². The van der Waals surface area contributed by atoms with Gasteiger partial charge in [0.25, 0.3) is 0 Å². The fraction of sp³-hybridized carbons (Fsp3) is 0.385. The van der Waals surface area contributed by atoms with Crippen LogP contribution in [0.1, 0.15) is 25.3 Å². The van der Waals surface area contributed by atoms with Gasteiger partial charge in [-0.2, -0.15) is 0 Å². The molecule has 1 rings (SSSR count). The van der Waals surface area contributed by atoms with Gasteiger partial charge in [-0.1, -0.05) is 24.6 Å². The Morgan fingerprint density at radius 2 is 2.00 bits per heavy atom. The lowest BCUT2D eigenvalue weighted by molar-refractivity contribution is -0.124. The van der Waals surface area contributed by atoms with Crippen LogP contribution in [0.15, 0.2) is 18.2 Å². The molecule has 4 nitrogen and oxygen atoms in total. The van der Waals surface area contributed by atoms with Gasteiger partial charge in [0.2, 0.25) is 11.8 Å². The summed E-state index contributed by atoms with van der Waals surface area (Å²) in [6.07, 6.45) is 1.20. The van der Waals surface area contributed by atoms with Crippen molar-refractivity contribution in [3.05, 3.63) is 28.8 Å². The summed E-state index contributed by atoms with van der Waals surface area (Å²) >= 11 is 5.94. The number of carbonyl (C=O) groups excluding carboxylic acids is 2. The molecule has 1 aromatic carbocycles. The van der Waals surface area contributed by atoms with Gasteiger partial charge in [-0.15, -0.1) is 0 Å². The van der Waals surface area contributed by atoms with E-state index in [1.165, 1.54) is 0 Å².